The molecule has 1 aliphatic carbocycles. The van der Waals surface area contributed by atoms with E-state index in [0.717, 1.165) is 11.3 Å². The van der Waals surface area contributed by atoms with Gasteiger partial charge in [0, 0.05) is 11.3 Å². The van der Waals surface area contributed by atoms with Crippen LogP contribution < -0.4 is 5.32 Å². The summed E-state index contributed by atoms with van der Waals surface area (Å²) in [6, 6.07) is 0.819. The van der Waals surface area contributed by atoms with E-state index in [0.29, 0.717) is 0 Å². The minimum absolute atomic E-state index is 0.819. The van der Waals surface area contributed by atoms with Crippen LogP contribution in [-0.4, -0.2) is 36.1 Å². The first kappa shape index (κ1) is 11.7. The Morgan fingerprint density at radius 3 is 2.77 bits per heavy atom. The quantitative estimate of drug-likeness (QED) is 0.690. The van der Waals surface area contributed by atoms with Gasteiger partial charge in [0.2, 0.25) is 0 Å². The van der Waals surface area contributed by atoms with Gasteiger partial charge < -0.3 is 5.32 Å². The molecule has 1 saturated carbocycles. The van der Waals surface area contributed by atoms with Gasteiger partial charge in [-0.25, -0.2) is 0 Å². The number of nitrogens with one attached hydrogen (secondary N) is 1. The molecule has 0 radical (unpaired) electrons. The molecule has 0 heterocycles. The summed E-state index contributed by atoms with van der Waals surface area (Å²) < 4.78 is 0. The van der Waals surface area contributed by atoms with E-state index in [-0.39, 0.29) is 0 Å². The Morgan fingerprint density at radius 2 is 2.15 bits per heavy atom. The van der Waals surface area contributed by atoms with Crippen molar-refractivity contribution >= 4 is 23.5 Å². The Kier molecular flexibility index (Phi) is 6.33. The molecule has 0 saturated heterocycles. The van der Waals surface area contributed by atoms with Gasteiger partial charge in [0.1, 0.15) is 0 Å². The van der Waals surface area contributed by atoms with Gasteiger partial charge in [-0.2, -0.15) is 23.5 Å². The summed E-state index contributed by atoms with van der Waals surface area (Å²) in [5, 5.41) is 4.58. The molecule has 13 heavy (non-hydrogen) atoms. The molecule has 0 aromatic carbocycles. The molecular formula is C10H21NS2. The highest BCUT2D eigenvalue weighted by Gasteiger charge is 2.22. The highest BCUT2D eigenvalue weighted by atomic mass is 32.2. The lowest BCUT2D eigenvalue weighted by atomic mass is 10.2. The molecule has 2 unspecified atom stereocenters. The summed E-state index contributed by atoms with van der Waals surface area (Å²) in [6.07, 6.45) is 9.94. The third-order valence-electron chi connectivity index (χ3n) is 2.68. The highest BCUT2D eigenvalue weighted by molar-refractivity contribution is 7.99. The van der Waals surface area contributed by atoms with Crippen LogP contribution in [0, 0.1) is 0 Å². The monoisotopic (exact) mass is 219 g/mol. The SMILES string of the molecule is CSCCCNC1CCC(SC)C1. The van der Waals surface area contributed by atoms with Gasteiger partial charge >= 0.3 is 0 Å². The molecule has 0 aliphatic heterocycles. The first-order chi connectivity index (χ1) is 6.36. The molecule has 2 atom stereocenters. The second-order valence-corrected chi connectivity index (χ2v) is 5.79. The number of thioether (sulfide) groups is 2. The average molecular weight is 219 g/mol. The van der Waals surface area contributed by atoms with Crippen LogP contribution in [0.15, 0.2) is 0 Å². The lowest BCUT2D eigenvalue weighted by Gasteiger charge is -2.11. The van der Waals surface area contributed by atoms with Crippen LogP contribution in [0.4, 0.5) is 0 Å². The fourth-order valence-corrected chi connectivity index (χ4v) is 3.09. The lowest BCUT2D eigenvalue weighted by molar-refractivity contribution is 0.525. The van der Waals surface area contributed by atoms with E-state index in [9.17, 15) is 0 Å². The molecular weight excluding hydrogens is 198 g/mol. The van der Waals surface area contributed by atoms with E-state index in [1.807, 2.05) is 23.5 Å². The molecule has 1 fully saturated rings. The summed E-state index contributed by atoms with van der Waals surface area (Å²) in [5.41, 5.74) is 0. The van der Waals surface area contributed by atoms with E-state index in [1.54, 1.807) is 0 Å². The molecule has 3 heteroatoms. The zero-order chi connectivity index (χ0) is 9.52. The normalized spacial score (nSPS) is 28.2. The minimum Gasteiger partial charge on any atom is -0.314 e. The first-order valence-corrected chi connectivity index (χ1v) is 7.80. The minimum atomic E-state index is 0.819. The molecule has 1 nitrogen and oxygen atoms in total. The van der Waals surface area contributed by atoms with Gasteiger partial charge in [-0.15, -0.1) is 0 Å². The van der Waals surface area contributed by atoms with Gasteiger partial charge in [-0.05, 0) is 50.5 Å². The van der Waals surface area contributed by atoms with Gasteiger partial charge in [-0.1, -0.05) is 0 Å². The van der Waals surface area contributed by atoms with E-state index in [2.05, 4.69) is 17.8 Å². The molecule has 78 valence electrons. The molecule has 1 N–H and O–H groups in total. The van der Waals surface area contributed by atoms with Crippen molar-refractivity contribution in [2.75, 3.05) is 24.8 Å². The number of hydrogen-bond acceptors (Lipinski definition) is 3. The fraction of sp³-hybridized carbons (Fsp3) is 1.00. The summed E-state index contributed by atoms with van der Waals surface area (Å²) in [5.74, 6) is 1.30. The number of hydrogen-bond donors (Lipinski definition) is 1. The average Bonchev–Trinajstić information content (AvgIpc) is 2.60. The van der Waals surface area contributed by atoms with Crippen LogP contribution in [0.25, 0.3) is 0 Å². The second kappa shape index (κ2) is 7.02. The smallest absolute Gasteiger partial charge is 0.00780 e. The van der Waals surface area contributed by atoms with E-state index in [4.69, 9.17) is 0 Å². The van der Waals surface area contributed by atoms with Crippen molar-refractivity contribution in [2.24, 2.45) is 0 Å². The van der Waals surface area contributed by atoms with E-state index >= 15 is 0 Å². The predicted octanol–water partition coefficient (Wildman–Crippen LogP) is 2.61. The van der Waals surface area contributed by atoms with Crippen LogP contribution in [0.2, 0.25) is 0 Å². The summed E-state index contributed by atoms with van der Waals surface area (Å²) in [6.45, 7) is 1.21. The first-order valence-electron chi connectivity index (χ1n) is 5.12. The van der Waals surface area contributed by atoms with Crippen molar-refractivity contribution in [3.8, 4) is 0 Å². The molecule has 0 aromatic rings. The number of rotatable bonds is 6. The fourth-order valence-electron chi connectivity index (χ4n) is 1.86. The summed E-state index contributed by atoms with van der Waals surface area (Å²) in [7, 11) is 0. The van der Waals surface area contributed by atoms with Crippen LogP contribution in [0.5, 0.6) is 0 Å². The zero-order valence-corrected chi connectivity index (χ0v) is 10.3. The van der Waals surface area contributed by atoms with Gasteiger partial charge in [0.05, 0.1) is 0 Å². The third kappa shape index (κ3) is 4.61. The maximum Gasteiger partial charge on any atom is 0.00780 e. The molecule has 0 aromatic heterocycles. The Hall–Kier alpha value is 0.660. The van der Waals surface area contributed by atoms with Crippen molar-refractivity contribution in [3.63, 3.8) is 0 Å². The summed E-state index contributed by atoms with van der Waals surface area (Å²) >= 11 is 3.98. The lowest BCUT2D eigenvalue weighted by Crippen LogP contribution is -2.27. The maximum atomic E-state index is 3.65. The van der Waals surface area contributed by atoms with Crippen molar-refractivity contribution in [1.29, 1.82) is 0 Å². The van der Waals surface area contributed by atoms with Gasteiger partial charge in [0.15, 0.2) is 0 Å². The van der Waals surface area contributed by atoms with Crippen LogP contribution in [0.3, 0.4) is 0 Å². The topological polar surface area (TPSA) is 12.0 Å². The van der Waals surface area contributed by atoms with Crippen molar-refractivity contribution in [3.05, 3.63) is 0 Å². The van der Waals surface area contributed by atoms with Crippen molar-refractivity contribution < 1.29 is 0 Å². The van der Waals surface area contributed by atoms with Crippen LogP contribution >= 0.6 is 23.5 Å². The highest BCUT2D eigenvalue weighted by Crippen LogP contribution is 2.27. The second-order valence-electron chi connectivity index (χ2n) is 3.67. The van der Waals surface area contributed by atoms with Crippen LogP contribution in [0.1, 0.15) is 25.7 Å². The largest absolute Gasteiger partial charge is 0.314 e. The third-order valence-corrected chi connectivity index (χ3v) is 4.47. The molecule has 0 spiro atoms. The predicted molar refractivity (Wildman–Crippen MR) is 65.9 cm³/mol. The van der Waals surface area contributed by atoms with E-state index < -0.39 is 0 Å². The van der Waals surface area contributed by atoms with Crippen molar-refractivity contribution in [1.82, 2.24) is 5.32 Å². The Labute approximate surface area is 90.8 Å². The molecule has 0 amide bonds. The Balaban J connectivity index is 1.97. The summed E-state index contributed by atoms with van der Waals surface area (Å²) in [4.78, 5) is 0. The molecule has 1 rings (SSSR count). The molecule has 1 aliphatic rings. The van der Waals surface area contributed by atoms with Gasteiger partial charge in [-0.3, -0.25) is 0 Å². The van der Waals surface area contributed by atoms with Gasteiger partial charge in [0.25, 0.3) is 0 Å². The van der Waals surface area contributed by atoms with E-state index in [1.165, 1.54) is 38.0 Å². The Morgan fingerprint density at radius 1 is 1.31 bits per heavy atom. The van der Waals surface area contributed by atoms with Crippen LogP contribution in [-0.2, 0) is 0 Å². The maximum absolute atomic E-state index is 3.65. The Bertz CT molecular complexity index is 130. The standard InChI is InChI=1S/C10H21NS2/c1-12-7-3-6-11-9-4-5-10(8-9)13-2/h9-11H,3-8H2,1-2H3. The molecule has 0 bridgehead atoms. The zero-order valence-electron chi connectivity index (χ0n) is 8.71. The van der Waals surface area contributed by atoms with Crippen molar-refractivity contribution in [2.45, 2.75) is 37.0 Å².